The zero-order valence-electron chi connectivity index (χ0n) is 11.0. The maximum atomic E-state index is 13.7. The molecule has 0 bridgehead atoms. The molecule has 1 aromatic carbocycles. The van der Waals surface area contributed by atoms with Crippen LogP contribution in [0.4, 0.5) is 4.39 Å². The molecule has 0 radical (unpaired) electrons. The van der Waals surface area contributed by atoms with Gasteiger partial charge in [-0.2, -0.15) is 0 Å². The lowest BCUT2D eigenvalue weighted by Crippen LogP contribution is -2.41. The Kier molecular flexibility index (Phi) is 4.28. The molecule has 0 aromatic heterocycles. The van der Waals surface area contributed by atoms with E-state index in [0.717, 1.165) is 0 Å². The molecule has 0 spiro atoms. The number of hydrogen-bond acceptors (Lipinski definition) is 2. The van der Waals surface area contributed by atoms with Crippen molar-refractivity contribution in [3.8, 4) is 0 Å². The maximum Gasteiger partial charge on any atom is 0.126 e. The van der Waals surface area contributed by atoms with Crippen molar-refractivity contribution in [3.63, 3.8) is 0 Å². The standard InChI is InChI=1S/C14H22FNO/c1-13(2,9-16-10-14(3,4)17)11-7-5-6-8-12(11)15/h5-8,16-17H,9-10H2,1-4H3. The summed E-state index contributed by atoms with van der Waals surface area (Å²) in [5, 5.41) is 12.8. The van der Waals surface area contributed by atoms with Crippen molar-refractivity contribution >= 4 is 0 Å². The summed E-state index contributed by atoms with van der Waals surface area (Å²) in [6, 6.07) is 6.82. The van der Waals surface area contributed by atoms with Crippen LogP contribution in [-0.2, 0) is 5.41 Å². The second-order valence-electron chi connectivity index (χ2n) is 5.78. The number of benzene rings is 1. The molecule has 17 heavy (non-hydrogen) atoms. The third kappa shape index (κ3) is 4.44. The number of nitrogens with one attached hydrogen (secondary N) is 1. The predicted octanol–water partition coefficient (Wildman–Crippen LogP) is 2.46. The molecule has 0 atom stereocenters. The first-order chi connectivity index (χ1) is 7.72. The quantitative estimate of drug-likeness (QED) is 0.827. The van der Waals surface area contributed by atoms with Crippen molar-refractivity contribution in [1.29, 1.82) is 0 Å². The Morgan fingerprint density at radius 3 is 2.24 bits per heavy atom. The molecule has 3 heteroatoms. The summed E-state index contributed by atoms with van der Waals surface area (Å²) in [5.41, 5.74) is -0.342. The van der Waals surface area contributed by atoms with Gasteiger partial charge in [0, 0.05) is 18.5 Å². The van der Waals surface area contributed by atoms with Gasteiger partial charge in [0.2, 0.25) is 0 Å². The average Bonchev–Trinajstić information content (AvgIpc) is 2.15. The highest BCUT2D eigenvalue weighted by Crippen LogP contribution is 2.24. The number of halogens is 1. The Hall–Kier alpha value is -0.930. The fraction of sp³-hybridized carbons (Fsp3) is 0.571. The third-order valence-corrected chi connectivity index (χ3v) is 2.73. The van der Waals surface area contributed by atoms with Crippen LogP contribution in [0.25, 0.3) is 0 Å². The van der Waals surface area contributed by atoms with E-state index < -0.39 is 5.60 Å². The van der Waals surface area contributed by atoms with E-state index in [1.54, 1.807) is 26.0 Å². The molecule has 0 saturated heterocycles. The van der Waals surface area contributed by atoms with Gasteiger partial charge in [-0.05, 0) is 25.5 Å². The van der Waals surface area contributed by atoms with Gasteiger partial charge in [-0.3, -0.25) is 0 Å². The predicted molar refractivity (Wildman–Crippen MR) is 68.6 cm³/mol. The van der Waals surface area contributed by atoms with Crippen LogP contribution in [0.3, 0.4) is 0 Å². The SMILES string of the molecule is CC(C)(O)CNCC(C)(C)c1ccccc1F. The Balaban J connectivity index is 2.66. The lowest BCUT2D eigenvalue weighted by molar-refractivity contribution is 0.0785. The van der Waals surface area contributed by atoms with Crippen LogP contribution in [0.5, 0.6) is 0 Å². The largest absolute Gasteiger partial charge is 0.389 e. The summed E-state index contributed by atoms with van der Waals surface area (Å²) in [6.45, 7) is 8.58. The Morgan fingerprint density at radius 2 is 1.71 bits per heavy atom. The second-order valence-corrected chi connectivity index (χ2v) is 5.78. The number of rotatable bonds is 5. The fourth-order valence-corrected chi connectivity index (χ4v) is 1.79. The van der Waals surface area contributed by atoms with Crippen molar-refractivity contribution in [2.45, 2.75) is 38.7 Å². The van der Waals surface area contributed by atoms with E-state index in [1.165, 1.54) is 6.07 Å². The van der Waals surface area contributed by atoms with Gasteiger partial charge in [0.05, 0.1) is 5.60 Å². The molecule has 0 heterocycles. The van der Waals surface area contributed by atoms with Crippen molar-refractivity contribution in [2.75, 3.05) is 13.1 Å². The zero-order chi connectivity index (χ0) is 13.1. The van der Waals surface area contributed by atoms with Crippen LogP contribution in [0.2, 0.25) is 0 Å². The second kappa shape index (κ2) is 5.15. The highest BCUT2D eigenvalue weighted by atomic mass is 19.1. The third-order valence-electron chi connectivity index (χ3n) is 2.73. The van der Waals surface area contributed by atoms with E-state index >= 15 is 0 Å². The minimum absolute atomic E-state index is 0.178. The molecular weight excluding hydrogens is 217 g/mol. The van der Waals surface area contributed by atoms with Gasteiger partial charge in [-0.25, -0.2) is 4.39 Å². The molecule has 0 aliphatic rings. The minimum atomic E-state index is -0.745. The topological polar surface area (TPSA) is 32.3 Å². The van der Waals surface area contributed by atoms with E-state index in [-0.39, 0.29) is 11.2 Å². The molecule has 96 valence electrons. The highest BCUT2D eigenvalue weighted by Gasteiger charge is 2.24. The summed E-state index contributed by atoms with van der Waals surface area (Å²) in [7, 11) is 0. The van der Waals surface area contributed by atoms with Gasteiger partial charge in [0.25, 0.3) is 0 Å². The monoisotopic (exact) mass is 239 g/mol. The van der Waals surface area contributed by atoms with Crippen LogP contribution in [0.15, 0.2) is 24.3 Å². The van der Waals surface area contributed by atoms with Gasteiger partial charge in [-0.1, -0.05) is 32.0 Å². The summed E-state index contributed by atoms with van der Waals surface area (Å²) in [4.78, 5) is 0. The fourth-order valence-electron chi connectivity index (χ4n) is 1.79. The molecule has 2 nitrogen and oxygen atoms in total. The van der Waals surface area contributed by atoms with E-state index in [0.29, 0.717) is 18.7 Å². The van der Waals surface area contributed by atoms with Gasteiger partial charge >= 0.3 is 0 Å². The van der Waals surface area contributed by atoms with Crippen LogP contribution in [0.1, 0.15) is 33.3 Å². The van der Waals surface area contributed by atoms with Gasteiger partial charge in [0.15, 0.2) is 0 Å². The van der Waals surface area contributed by atoms with E-state index in [1.807, 2.05) is 19.9 Å². The van der Waals surface area contributed by atoms with Crippen LogP contribution in [-0.4, -0.2) is 23.8 Å². The summed E-state index contributed by atoms with van der Waals surface area (Å²) >= 11 is 0. The molecule has 1 aromatic rings. The summed E-state index contributed by atoms with van der Waals surface area (Å²) in [6.07, 6.45) is 0. The molecule has 0 saturated carbocycles. The lowest BCUT2D eigenvalue weighted by atomic mass is 9.84. The molecule has 0 aliphatic heterocycles. The zero-order valence-corrected chi connectivity index (χ0v) is 11.0. The first-order valence-electron chi connectivity index (χ1n) is 5.90. The van der Waals surface area contributed by atoms with E-state index in [9.17, 15) is 9.50 Å². The van der Waals surface area contributed by atoms with E-state index in [4.69, 9.17) is 0 Å². The highest BCUT2D eigenvalue weighted by molar-refractivity contribution is 5.25. The van der Waals surface area contributed by atoms with E-state index in [2.05, 4.69) is 5.32 Å². The first-order valence-corrected chi connectivity index (χ1v) is 5.90. The number of hydrogen-bond donors (Lipinski definition) is 2. The molecule has 0 aliphatic carbocycles. The number of aliphatic hydroxyl groups is 1. The van der Waals surface area contributed by atoms with Gasteiger partial charge < -0.3 is 10.4 Å². The average molecular weight is 239 g/mol. The van der Waals surface area contributed by atoms with Gasteiger partial charge in [0.1, 0.15) is 5.82 Å². The first kappa shape index (κ1) is 14.1. The molecule has 0 amide bonds. The molecule has 0 unspecified atom stereocenters. The Labute approximate surface area is 103 Å². The molecule has 1 rings (SSSR count). The Bertz CT molecular complexity index is 369. The molecule has 0 fully saturated rings. The van der Waals surface area contributed by atoms with Crippen molar-refractivity contribution in [3.05, 3.63) is 35.6 Å². The van der Waals surface area contributed by atoms with Crippen molar-refractivity contribution in [2.24, 2.45) is 0 Å². The van der Waals surface area contributed by atoms with Gasteiger partial charge in [-0.15, -0.1) is 0 Å². The van der Waals surface area contributed by atoms with Crippen LogP contribution < -0.4 is 5.32 Å². The summed E-state index contributed by atoms with van der Waals surface area (Å²) in [5.74, 6) is -0.178. The van der Waals surface area contributed by atoms with Crippen molar-refractivity contribution in [1.82, 2.24) is 5.32 Å². The normalized spacial score (nSPS) is 12.8. The molecular formula is C14H22FNO. The minimum Gasteiger partial charge on any atom is -0.389 e. The molecule has 2 N–H and O–H groups in total. The summed E-state index contributed by atoms with van der Waals surface area (Å²) < 4.78 is 13.7. The Morgan fingerprint density at radius 1 is 1.12 bits per heavy atom. The smallest absolute Gasteiger partial charge is 0.126 e. The van der Waals surface area contributed by atoms with Crippen LogP contribution >= 0.6 is 0 Å². The lowest BCUT2D eigenvalue weighted by Gasteiger charge is -2.28. The maximum absolute atomic E-state index is 13.7. The van der Waals surface area contributed by atoms with Crippen LogP contribution in [0, 0.1) is 5.82 Å². The van der Waals surface area contributed by atoms with Crippen molar-refractivity contribution < 1.29 is 9.50 Å².